The summed E-state index contributed by atoms with van der Waals surface area (Å²) in [5.41, 5.74) is -3.84. The van der Waals surface area contributed by atoms with Crippen molar-refractivity contribution in [2.45, 2.75) is 0 Å². The lowest BCUT2D eigenvalue weighted by Gasteiger charge is -2.16. The third kappa shape index (κ3) is 1.28. The maximum absolute atomic E-state index is 14.0. The van der Waals surface area contributed by atoms with Gasteiger partial charge in [-0.25, -0.2) is 23.2 Å². The summed E-state index contributed by atoms with van der Waals surface area (Å²) in [6.07, 6.45) is 0. The van der Waals surface area contributed by atoms with Crippen LogP contribution in [0.15, 0.2) is 0 Å². The van der Waals surface area contributed by atoms with Crippen molar-refractivity contribution in [3.63, 3.8) is 0 Å². The molecule has 96 valence electrons. The molecule has 0 aromatic heterocycles. The van der Waals surface area contributed by atoms with Crippen LogP contribution in [0, 0.1) is 11.6 Å². The van der Waals surface area contributed by atoms with Crippen LogP contribution in [0.5, 0.6) is 0 Å². The van der Waals surface area contributed by atoms with Crippen molar-refractivity contribution in [3.05, 3.63) is 33.9 Å². The second-order valence-corrected chi connectivity index (χ2v) is 3.80. The number of ketones is 1. The average molecular weight is 268 g/mol. The van der Waals surface area contributed by atoms with Gasteiger partial charge in [-0.3, -0.25) is 4.79 Å². The van der Waals surface area contributed by atoms with Crippen LogP contribution in [0.4, 0.5) is 8.78 Å². The number of rotatable bonds is 0. The molecule has 2 aliphatic heterocycles. The van der Waals surface area contributed by atoms with E-state index in [4.69, 9.17) is 0 Å². The van der Waals surface area contributed by atoms with Gasteiger partial charge in [-0.2, -0.15) is 0 Å². The fraction of sp³-hybridized carbons (Fsp3) is 0.0909. The van der Waals surface area contributed by atoms with Crippen LogP contribution >= 0.6 is 0 Å². The monoisotopic (exact) mass is 268 g/mol. The maximum atomic E-state index is 14.0. The minimum Gasteiger partial charge on any atom is -0.454 e. The highest BCUT2D eigenvalue weighted by Gasteiger charge is 2.44. The summed E-state index contributed by atoms with van der Waals surface area (Å²) in [5, 5.41) is 0. The predicted molar refractivity (Wildman–Crippen MR) is 50.7 cm³/mol. The standard InChI is InChI=1S/C11H2F2O6/c12-7-3-2(14)1-18-9(15)4(3)8(13)6-5(7)10(16)19-11(6)17/h1H2. The van der Waals surface area contributed by atoms with Crippen LogP contribution in [-0.4, -0.2) is 30.3 Å². The topological polar surface area (TPSA) is 86.7 Å². The Morgan fingerprint density at radius 1 is 0.737 bits per heavy atom. The van der Waals surface area contributed by atoms with E-state index in [1.165, 1.54) is 0 Å². The molecule has 0 spiro atoms. The van der Waals surface area contributed by atoms with E-state index in [2.05, 4.69) is 9.47 Å². The first-order valence-corrected chi connectivity index (χ1v) is 4.95. The van der Waals surface area contributed by atoms with Gasteiger partial charge < -0.3 is 9.47 Å². The Kier molecular flexibility index (Phi) is 2.07. The number of cyclic esters (lactones) is 3. The Labute approximate surface area is 102 Å². The molecule has 1 aromatic rings. The van der Waals surface area contributed by atoms with E-state index in [1.807, 2.05) is 0 Å². The summed E-state index contributed by atoms with van der Waals surface area (Å²) in [7, 11) is 0. The van der Waals surface area contributed by atoms with E-state index in [1.54, 1.807) is 0 Å². The normalized spacial score (nSPS) is 16.9. The highest BCUT2D eigenvalue weighted by atomic mass is 19.1. The number of benzene rings is 1. The molecule has 0 aliphatic carbocycles. The van der Waals surface area contributed by atoms with Gasteiger partial charge in [0.2, 0.25) is 5.78 Å². The number of hydrogen-bond acceptors (Lipinski definition) is 6. The molecule has 0 saturated carbocycles. The van der Waals surface area contributed by atoms with Gasteiger partial charge in [0, 0.05) is 0 Å². The Hall–Kier alpha value is -2.64. The molecule has 0 saturated heterocycles. The Morgan fingerprint density at radius 3 is 1.79 bits per heavy atom. The summed E-state index contributed by atoms with van der Waals surface area (Å²) >= 11 is 0. The zero-order valence-electron chi connectivity index (χ0n) is 8.91. The van der Waals surface area contributed by atoms with Gasteiger partial charge in [-0.05, 0) is 0 Å². The van der Waals surface area contributed by atoms with Gasteiger partial charge >= 0.3 is 17.9 Å². The van der Waals surface area contributed by atoms with Crippen LogP contribution in [-0.2, 0) is 9.47 Å². The summed E-state index contributed by atoms with van der Waals surface area (Å²) < 4.78 is 36.4. The largest absolute Gasteiger partial charge is 0.454 e. The molecular formula is C11H2F2O6. The highest BCUT2D eigenvalue weighted by molar-refractivity contribution is 6.19. The third-order valence-corrected chi connectivity index (χ3v) is 2.79. The predicted octanol–water partition coefficient (Wildman–Crippen LogP) is 0.629. The zero-order chi connectivity index (χ0) is 13.9. The van der Waals surface area contributed by atoms with Gasteiger partial charge in [-0.15, -0.1) is 0 Å². The van der Waals surface area contributed by atoms with Crippen LogP contribution < -0.4 is 0 Å². The van der Waals surface area contributed by atoms with Crippen LogP contribution in [0.25, 0.3) is 0 Å². The first kappa shape index (κ1) is 11.5. The minimum absolute atomic E-state index is 0.760. The van der Waals surface area contributed by atoms with E-state index in [9.17, 15) is 28.0 Å². The van der Waals surface area contributed by atoms with Crippen molar-refractivity contribution in [2.75, 3.05) is 6.61 Å². The van der Waals surface area contributed by atoms with Crippen LogP contribution in [0.1, 0.15) is 41.4 Å². The van der Waals surface area contributed by atoms with Crippen molar-refractivity contribution in [1.82, 2.24) is 0 Å². The van der Waals surface area contributed by atoms with Gasteiger partial charge in [-0.1, -0.05) is 0 Å². The highest BCUT2D eigenvalue weighted by Crippen LogP contribution is 2.33. The van der Waals surface area contributed by atoms with Crippen molar-refractivity contribution in [3.8, 4) is 0 Å². The molecule has 8 heteroatoms. The lowest BCUT2D eigenvalue weighted by atomic mass is 9.93. The van der Waals surface area contributed by atoms with Crippen LogP contribution in [0.3, 0.4) is 0 Å². The number of hydrogen-bond donors (Lipinski definition) is 0. The fourth-order valence-electron chi connectivity index (χ4n) is 1.99. The molecule has 0 N–H and O–H groups in total. The van der Waals surface area contributed by atoms with E-state index in [0.717, 1.165) is 0 Å². The molecule has 0 unspecified atom stereocenters. The molecule has 0 radical (unpaired) electrons. The van der Waals surface area contributed by atoms with Gasteiger partial charge in [0.05, 0.1) is 5.56 Å². The smallest absolute Gasteiger partial charge is 0.350 e. The van der Waals surface area contributed by atoms with E-state index in [-0.39, 0.29) is 0 Å². The zero-order valence-corrected chi connectivity index (χ0v) is 8.91. The first-order chi connectivity index (χ1) is 8.93. The fourth-order valence-corrected chi connectivity index (χ4v) is 1.99. The average Bonchev–Trinajstić information content (AvgIpc) is 2.65. The summed E-state index contributed by atoms with van der Waals surface area (Å²) in [6.45, 7) is -0.760. The number of ether oxygens (including phenoxy) is 2. The van der Waals surface area contributed by atoms with Gasteiger partial charge in [0.25, 0.3) is 0 Å². The molecule has 0 fully saturated rings. The van der Waals surface area contributed by atoms with E-state index in [0.29, 0.717) is 0 Å². The molecule has 0 amide bonds. The third-order valence-electron chi connectivity index (χ3n) is 2.79. The number of esters is 3. The molecule has 1 aromatic carbocycles. The molecule has 3 rings (SSSR count). The number of fused-ring (bicyclic) bond motifs is 2. The van der Waals surface area contributed by atoms with E-state index >= 15 is 0 Å². The Balaban J connectivity index is 2.48. The lowest BCUT2D eigenvalue weighted by molar-refractivity contribution is 0.0432. The molecule has 0 atom stereocenters. The van der Waals surface area contributed by atoms with Crippen molar-refractivity contribution >= 4 is 23.7 Å². The molecular weight excluding hydrogens is 266 g/mol. The number of carbonyl (C=O) groups excluding carboxylic acids is 4. The summed E-state index contributed by atoms with van der Waals surface area (Å²) in [5.74, 6) is -8.01. The molecule has 2 heterocycles. The minimum atomic E-state index is -1.49. The van der Waals surface area contributed by atoms with Gasteiger partial charge in [0.1, 0.15) is 16.7 Å². The van der Waals surface area contributed by atoms with Gasteiger partial charge in [0.15, 0.2) is 18.2 Å². The molecule has 6 nitrogen and oxygen atoms in total. The van der Waals surface area contributed by atoms with Crippen LogP contribution in [0.2, 0.25) is 0 Å². The second-order valence-electron chi connectivity index (χ2n) is 3.80. The molecule has 2 aliphatic rings. The number of carbonyl (C=O) groups is 4. The maximum Gasteiger partial charge on any atom is 0.350 e. The lowest BCUT2D eigenvalue weighted by Crippen LogP contribution is -2.28. The van der Waals surface area contributed by atoms with Crippen molar-refractivity contribution < 1.29 is 37.4 Å². The Bertz CT molecular complexity index is 647. The Morgan fingerprint density at radius 2 is 1.21 bits per heavy atom. The first-order valence-electron chi connectivity index (χ1n) is 4.95. The number of halogens is 2. The van der Waals surface area contributed by atoms with Crippen molar-refractivity contribution in [2.24, 2.45) is 0 Å². The quantitative estimate of drug-likeness (QED) is 0.506. The molecule has 0 bridgehead atoms. The van der Waals surface area contributed by atoms with Crippen molar-refractivity contribution in [1.29, 1.82) is 0 Å². The van der Waals surface area contributed by atoms with E-state index < -0.39 is 64.2 Å². The number of Topliss-reactive ketones (excluding diaryl/α,β-unsaturated/α-hetero) is 1. The SMILES string of the molecule is O=C1COC(=O)c2c(F)c3c(c(F)c21)C(=O)OC3=O. The molecule has 19 heavy (non-hydrogen) atoms. The summed E-state index contributed by atoms with van der Waals surface area (Å²) in [4.78, 5) is 45.3. The summed E-state index contributed by atoms with van der Waals surface area (Å²) in [6, 6.07) is 0. The second kappa shape index (κ2) is 3.44.